The number of carboxylic acid groups (broad SMARTS) is 1. The monoisotopic (exact) mass is 722 g/mol. The number of aliphatic hydroxyl groups excluding tert-OH is 1. The van der Waals surface area contributed by atoms with Gasteiger partial charge >= 0.3 is 5.97 Å². The summed E-state index contributed by atoms with van der Waals surface area (Å²) in [5, 5.41) is 26.6. The molecule has 5 saturated carbocycles. The maximum Gasteiger partial charge on any atom is 0.335 e. The van der Waals surface area contributed by atoms with E-state index in [0.717, 1.165) is 44.1 Å². The van der Waals surface area contributed by atoms with Gasteiger partial charge in [0, 0.05) is 17.8 Å². The van der Waals surface area contributed by atoms with E-state index in [9.17, 15) is 24.6 Å². The van der Waals surface area contributed by atoms with Gasteiger partial charge in [0.15, 0.2) is 0 Å². The first kappa shape index (κ1) is 37.8. The molecule has 5 fully saturated rings. The van der Waals surface area contributed by atoms with Gasteiger partial charge in [0.05, 0.1) is 17.1 Å². The highest BCUT2D eigenvalue weighted by Crippen LogP contribution is 2.77. The van der Waals surface area contributed by atoms with Crippen molar-refractivity contribution >= 4 is 23.5 Å². The molecule has 286 valence electrons. The van der Waals surface area contributed by atoms with Gasteiger partial charge in [-0.3, -0.25) is 9.59 Å². The lowest BCUT2D eigenvalue weighted by Crippen LogP contribution is -2.67. The molecule has 0 heterocycles. The van der Waals surface area contributed by atoms with Crippen molar-refractivity contribution in [2.45, 2.75) is 118 Å². The molecular weight excluding hydrogens is 661 g/mol. The van der Waals surface area contributed by atoms with Crippen LogP contribution in [-0.2, 0) is 11.2 Å². The largest absolute Gasteiger partial charge is 0.478 e. The fraction of sp³-hybridized carbons (Fsp3) is 0.630. The van der Waals surface area contributed by atoms with Gasteiger partial charge in [-0.1, -0.05) is 65.0 Å². The molecule has 0 saturated heterocycles. The third-order valence-corrected chi connectivity index (χ3v) is 16.8. The highest BCUT2D eigenvalue weighted by molar-refractivity contribution is 6.05. The first-order valence-corrected chi connectivity index (χ1v) is 20.3. The number of allylic oxidation sites excluding steroid dienone is 1. The molecule has 7 heteroatoms. The number of fused-ring (bicyclic) bond motifs is 7. The van der Waals surface area contributed by atoms with Gasteiger partial charge in [-0.15, -0.1) is 0 Å². The predicted octanol–water partition coefficient (Wildman–Crippen LogP) is 9.31. The second-order valence-corrected chi connectivity index (χ2v) is 19.3. The van der Waals surface area contributed by atoms with Crippen LogP contribution in [0, 0.1) is 56.7 Å². The van der Waals surface area contributed by atoms with Crippen molar-refractivity contribution in [3.8, 4) is 0 Å². The van der Waals surface area contributed by atoms with Gasteiger partial charge in [-0.2, -0.15) is 0 Å². The summed E-state index contributed by atoms with van der Waals surface area (Å²) in [6.45, 7) is 19.6. The quantitative estimate of drug-likeness (QED) is 0.203. The van der Waals surface area contributed by atoms with Crippen LogP contribution in [0.3, 0.4) is 0 Å². The minimum absolute atomic E-state index is 0.0633. The number of nitrogens with one attached hydrogen (secondary N) is 2. The number of aliphatic hydroxyl groups is 1. The van der Waals surface area contributed by atoms with Crippen LogP contribution in [0.4, 0.5) is 5.69 Å². The number of benzene rings is 2. The third kappa shape index (κ3) is 5.90. The lowest BCUT2D eigenvalue weighted by molar-refractivity contribution is -0.246. The summed E-state index contributed by atoms with van der Waals surface area (Å²) >= 11 is 0. The Morgan fingerprint density at radius 1 is 0.811 bits per heavy atom. The van der Waals surface area contributed by atoms with Crippen molar-refractivity contribution in [3.05, 3.63) is 77.4 Å². The molecule has 10 atom stereocenters. The number of anilines is 1. The molecular formula is C46H62N2O5. The Balaban J connectivity index is 1.07. The van der Waals surface area contributed by atoms with Crippen molar-refractivity contribution in [2.24, 2.45) is 56.7 Å². The SMILES string of the molecule is C=C(C)C1CCC2(C(=O)NCCc3cccc(C(=O)Nc4cccc(C(=O)O)c4)c3)CC[C@]3(C)C(CCC4[C@@]5(C)CC[C@H](O)C(C)(C)C5CC[C@]43C)C12. The maximum atomic E-state index is 14.6. The molecule has 53 heavy (non-hydrogen) atoms. The van der Waals surface area contributed by atoms with Crippen LogP contribution in [0.5, 0.6) is 0 Å². The Labute approximate surface area is 316 Å². The second kappa shape index (κ2) is 13.4. The smallest absolute Gasteiger partial charge is 0.335 e. The van der Waals surface area contributed by atoms with E-state index < -0.39 is 5.97 Å². The highest BCUT2D eigenvalue weighted by Gasteiger charge is 2.71. The van der Waals surface area contributed by atoms with E-state index in [-0.39, 0.29) is 50.6 Å². The molecule has 0 radical (unpaired) electrons. The van der Waals surface area contributed by atoms with Crippen LogP contribution < -0.4 is 10.6 Å². The minimum atomic E-state index is -1.05. The first-order chi connectivity index (χ1) is 25.0. The summed E-state index contributed by atoms with van der Waals surface area (Å²) in [5.74, 6) is 1.12. The minimum Gasteiger partial charge on any atom is -0.478 e. The zero-order chi connectivity index (χ0) is 38.1. The number of carbonyl (C=O) groups is 3. The molecule has 4 N–H and O–H groups in total. The van der Waals surface area contributed by atoms with Crippen LogP contribution in [0.15, 0.2) is 60.7 Å². The lowest BCUT2D eigenvalue weighted by Gasteiger charge is -2.72. The Bertz CT molecular complexity index is 1800. The molecule has 2 aromatic carbocycles. The Hall–Kier alpha value is -3.45. The summed E-state index contributed by atoms with van der Waals surface area (Å²) in [6.07, 6.45) is 11.1. The molecule has 6 unspecified atom stereocenters. The summed E-state index contributed by atoms with van der Waals surface area (Å²) in [6, 6.07) is 13.7. The summed E-state index contributed by atoms with van der Waals surface area (Å²) in [5.41, 5.74) is 3.33. The van der Waals surface area contributed by atoms with E-state index in [2.05, 4.69) is 58.8 Å². The number of amides is 2. The van der Waals surface area contributed by atoms with Crippen LogP contribution in [0.25, 0.3) is 0 Å². The topological polar surface area (TPSA) is 116 Å². The average molecular weight is 723 g/mol. The molecule has 0 bridgehead atoms. The van der Waals surface area contributed by atoms with Gasteiger partial charge in [-0.25, -0.2) is 4.79 Å². The van der Waals surface area contributed by atoms with Gasteiger partial charge in [-0.05, 0) is 165 Å². The lowest BCUT2D eigenvalue weighted by atomic mass is 9.32. The van der Waals surface area contributed by atoms with Crippen molar-refractivity contribution in [3.63, 3.8) is 0 Å². The molecule has 0 aliphatic heterocycles. The van der Waals surface area contributed by atoms with Crippen molar-refractivity contribution in [1.82, 2.24) is 5.32 Å². The first-order valence-electron chi connectivity index (χ1n) is 20.3. The third-order valence-electron chi connectivity index (χ3n) is 16.8. The van der Waals surface area contributed by atoms with E-state index in [4.69, 9.17) is 0 Å². The van der Waals surface area contributed by atoms with Gasteiger partial charge in [0.2, 0.25) is 5.91 Å². The standard InChI is InChI=1S/C46H62N2O5/c1-28(2)33-16-22-46(41(53)47-25-19-29-10-8-11-30(26-29)39(50)48-32-13-9-12-31(27-32)40(51)52)24-23-44(6)34(38(33)46)14-15-36-43(5)20-18-37(49)42(3,4)35(43)17-21-45(36,44)7/h8-13,26-27,33-38,49H,1,14-25H2,2-7H3,(H,47,53)(H,48,50)(H,51,52)/t33?,34?,35?,36?,37-,38?,43-,44+,45+,46?/m0/s1. The van der Waals surface area contributed by atoms with E-state index >= 15 is 0 Å². The molecule has 0 aromatic heterocycles. The van der Waals surface area contributed by atoms with Crippen molar-refractivity contribution < 1.29 is 24.6 Å². The number of carboxylic acids is 1. The summed E-state index contributed by atoms with van der Waals surface area (Å²) < 4.78 is 0. The van der Waals surface area contributed by atoms with Crippen LogP contribution in [-0.4, -0.2) is 40.6 Å². The Morgan fingerprint density at radius 3 is 2.28 bits per heavy atom. The fourth-order valence-corrected chi connectivity index (χ4v) is 13.8. The van der Waals surface area contributed by atoms with Gasteiger partial charge < -0.3 is 20.8 Å². The van der Waals surface area contributed by atoms with Gasteiger partial charge in [0.1, 0.15) is 0 Å². The molecule has 7 rings (SSSR count). The number of hydrogen-bond donors (Lipinski definition) is 4. The Kier molecular flexibility index (Phi) is 9.56. The number of rotatable bonds is 8. The second-order valence-electron chi connectivity index (χ2n) is 19.3. The van der Waals surface area contributed by atoms with Crippen LogP contribution in [0.2, 0.25) is 0 Å². The van der Waals surface area contributed by atoms with Crippen LogP contribution in [0.1, 0.15) is 132 Å². The molecule has 2 amide bonds. The van der Waals surface area contributed by atoms with E-state index in [1.807, 2.05) is 18.2 Å². The molecule has 7 nitrogen and oxygen atoms in total. The summed E-state index contributed by atoms with van der Waals surface area (Å²) in [7, 11) is 0. The maximum absolute atomic E-state index is 14.6. The zero-order valence-corrected chi connectivity index (χ0v) is 32.9. The molecule has 5 aliphatic carbocycles. The predicted molar refractivity (Wildman–Crippen MR) is 209 cm³/mol. The number of hydrogen-bond acceptors (Lipinski definition) is 4. The number of carbonyl (C=O) groups excluding carboxylic acids is 2. The van der Waals surface area contributed by atoms with E-state index in [0.29, 0.717) is 53.8 Å². The summed E-state index contributed by atoms with van der Waals surface area (Å²) in [4.78, 5) is 39.1. The Morgan fingerprint density at radius 2 is 1.55 bits per heavy atom. The zero-order valence-electron chi connectivity index (χ0n) is 32.9. The highest BCUT2D eigenvalue weighted by atomic mass is 16.4. The molecule has 0 spiro atoms. The van der Waals surface area contributed by atoms with E-state index in [1.54, 1.807) is 18.2 Å². The molecule has 2 aromatic rings. The van der Waals surface area contributed by atoms with Gasteiger partial charge in [0.25, 0.3) is 5.91 Å². The van der Waals surface area contributed by atoms with Crippen molar-refractivity contribution in [2.75, 3.05) is 11.9 Å². The fourth-order valence-electron chi connectivity index (χ4n) is 13.8. The van der Waals surface area contributed by atoms with E-state index in [1.165, 1.54) is 43.4 Å². The molecule has 5 aliphatic rings. The van der Waals surface area contributed by atoms with Crippen LogP contribution >= 0.6 is 0 Å². The average Bonchev–Trinajstić information content (AvgIpc) is 3.52. The normalized spacial score (nSPS) is 38.3. The van der Waals surface area contributed by atoms with Crippen molar-refractivity contribution in [1.29, 1.82) is 0 Å². The number of aromatic carboxylic acids is 1.